The van der Waals surface area contributed by atoms with Crippen molar-refractivity contribution in [1.82, 2.24) is 19.9 Å². The fourth-order valence-corrected chi connectivity index (χ4v) is 5.91. The molecule has 0 atom stereocenters. The topological polar surface area (TPSA) is 158 Å². The number of ketones is 1. The molecule has 1 N–H and O–H groups in total. The number of allylic oxidation sites excluding steroid dienone is 1. The van der Waals surface area contributed by atoms with E-state index in [0.29, 0.717) is 48.6 Å². The average Bonchev–Trinajstić information content (AvgIpc) is 3.03. The highest BCUT2D eigenvalue weighted by atomic mass is 32.2. The predicted molar refractivity (Wildman–Crippen MR) is 160 cm³/mol. The molecule has 0 saturated carbocycles. The fraction of sp³-hybridized carbons (Fsp3) is 0.200. The lowest BCUT2D eigenvalue weighted by atomic mass is 10.0. The van der Waals surface area contributed by atoms with E-state index < -0.39 is 26.3 Å². The zero-order chi connectivity index (χ0) is 31.4. The van der Waals surface area contributed by atoms with Gasteiger partial charge in [0.25, 0.3) is 10.0 Å². The number of sulfonamides is 1. The van der Waals surface area contributed by atoms with Gasteiger partial charge in [0.2, 0.25) is 11.8 Å². The van der Waals surface area contributed by atoms with E-state index in [1.165, 1.54) is 56.9 Å². The number of nitriles is 1. The van der Waals surface area contributed by atoms with Gasteiger partial charge in [-0.25, -0.2) is 27.8 Å². The number of hydrogen-bond donors (Lipinski definition) is 1. The summed E-state index contributed by atoms with van der Waals surface area (Å²) >= 11 is 0. The van der Waals surface area contributed by atoms with Crippen LogP contribution in [0.3, 0.4) is 0 Å². The third-order valence-corrected chi connectivity index (χ3v) is 8.34. The largest absolute Gasteiger partial charge is 0.480 e. The van der Waals surface area contributed by atoms with Crippen LogP contribution in [0.5, 0.6) is 5.88 Å². The van der Waals surface area contributed by atoms with Crippen LogP contribution in [0.1, 0.15) is 12.5 Å². The Morgan fingerprint density at radius 1 is 1.05 bits per heavy atom. The molecule has 12 nitrogen and oxygen atoms in total. The molecule has 1 saturated heterocycles. The summed E-state index contributed by atoms with van der Waals surface area (Å²) in [6.07, 6.45) is 5.51. The molecule has 2 aromatic heterocycles. The molecule has 0 aliphatic carbocycles. The number of hydrogen-bond acceptors (Lipinski definition) is 10. The quantitative estimate of drug-likeness (QED) is 0.292. The highest BCUT2D eigenvalue weighted by Gasteiger charge is 2.25. The van der Waals surface area contributed by atoms with Crippen molar-refractivity contribution in [3.05, 3.63) is 78.5 Å². The smallest absolute Gasteiger partial charge is 0.265 e. The Hall–Kier alpha value is -5.42. The maximum absolute atomic E-state index is 14.7. The minimum Gasteiger partial charge on any atom is -0.480 e. The number of nitrogens with zero attached hydrogens (tertiary/aromatic N) is 6. The summed E-state index contributed by atoms with van der Waals surface area (Å²) in [5, 5.41) is 9.85. The molecule has 1 aliphatic heterocycles. The number of piperazine rings is 1. The first-order chi connectivity index (χ1) is 21.1. The van der Waals surface area contributed by atoms with E-state index >= 15 is 0 Å². The SMILES string of the molecule is COc1ncc(-c2ccc3ncnc(N4CCN(C(=O)C=CC(C)=O)CC4)c3c2)cc1NS(=O)(=O)c1cccc(C#N)c1F. The van der Waals surface area contributed by atoms with Crippen LogP contribution in [0.2, 0.25) is 0 Å². The molecule has 1 aliphatic rings. The average molecular weight is 616 g/mol. The van der Waals surface area contributed by atoms with Crippen molar-refractivity contribution in [1.29, 1.82) is 5.26 Å². The molecule has 0 bridgehead atoms. The Morgan fingerprint density at radius 3 is 2.52 bits per heavy atom. The molecule has 0 unspecified atom stereocenters. The molecular formula is C30H26FN7O5S. The molecule has 1 amide bonds. The van der Waals surface area contributed by atoms with Crippen LogP contribution in [0.15, 0.2) is 72.0 Å². The number of carbonyl (C=O) groups is 2. The van der Waals surface area contributed by atoms with Crippen LogP contribution in [0.4, 0.5) is 15.9 Å². The molecule has 2 aromatic carbocycles. The number of methoxy groups -OCH3 is 1. The number of amides is 1. The lowest BCUT2D eigenvalue weighted by Gasteiger charge is -2.35. The van der Waals surface area contributed by atoms with Gasteiger partial charge in [-0.1, -0.05) is 12.1 Å². The molecule has 14 heteroatoms. The van der Waals surface area contributed by atoms with E-state index in [1.807, 2.05) is 11.0 Å². The van der Waals surface area contributed by atoms with E-state index in [4.69, 9.17) is 10.00 Å². The van der Waals surface area contributed by atoms with Gasteiger partial charge >= 0.3 is 0 Å². The monoisotopic (exact) mass is 615 g/mol. The second-order valence-electron chi connectivity index (χ2n) is 9.80. The number of aromatic nitrogens is 3. The lowest BCUT2D eigenvalue weighted by Crippen LogP contribution is -2.48. The molecular weight excluding hydrogens is 589 g/mol. The molecule has 3 heterocycles. The first-order valence-electron chi connectivity index (χ1n) is 13.3. The normalized spacial score (nSPS) is 13.6. The van der Waals surface area contributed by atoms with Crippen LogP contribution in [-0.2, 0) is 19.6 Å². The highest BCUT2D eigenvalue weighted by molar-refractivity contribution is 7.92. The van der Waals surface area contributed by atoms with Crippen LogP contribution < -0.4 is 14.4 Å². The van der Waals surface area contributed by atoms with Gasteiger partial charge in [0.15, 0.2) is 11.6 Å². The Balaban J connectivity index is 1.44. The van der Waals surface area contributed by atoms with Crippen molar-refractivity contribution < 1.29 is 27.1 Å². The number of anilines is 2. The van der Waals surface area contributed by atoms with Crippen LogP contribution >= 0.6 is 0 Å². The minimum absolute atomic E-state index is 0.0315. The van der Waals surface area contributed by atoms with Gasteiger partial charge < -0.3 is 14.5 Å². The Bertz CT molecular complexity index is 1950. The molecule has 44 heavy (non-hydrogen) atoms. The number of nitrogens with one attached hydrogen (secondary N) is 1. The van der Waals surface area contributed by atoms with Crippen LogP contribution in [-0.4, -0.2) is 73.2 Å². The Kier molecular flexibility index (Phi) is 8.50. The van der Waals surface area contributed by atoms with Crippen molar-refractivity contribution in [2.45, 2.75) is 11.8 Å². The Morgan fingerprint density at radius 2 is 1.82 bits per heavy atom. The molecule has 0 spiro atoms. The summed E-state index contributed by atoms with van der Waals surface area (Å²) in [7, 11) is -3.13. The number of benzene rings is 2. The maximum atomic E-state index is 14.7. The van der Waals surface area contributed by atoms with Crippen LogP contribution in [0.25, 0.3) is 22.0 Å². The van der Waals surface area contributed by atoms with E-state index in [2.05, 4.69) is 19.7 Å². The predicted octanol–water partition coefficient (Wildman–Crippen LogP) is 3.31. The number of pyridine rings is 1. The first kappa shape index (κ1) is 30.1. The second kappa shape index (κ2) is 12.4. The summed E-state index contributed by atoms with van der Waals surface area (Å²) in [5.41, 5.74) is 1.44. The van der Waals surface area contributed by atoms with E-state index in [-0.39, 0.29) is 23.3 Å². The van der Waals surface area contributed by atoms with E-state index in [1.54, 1.807) is 23.1 Å². The second-order valence-corrected chi connectivity index (χ2v) is 11.5. The van der Waals surface area contributed by atoms with Crippen molar-refractivity contribution in [2.75, 3.05) is 42.9 Å². The minimum atomic E-state index is -4.45. The Labute approximate surface area is 252 Å². The molecule has 0 radical (unpaired) electrons. The molecule has 5 rings (SSSR count). The van der Waals surface area contributed by atoms with E-state index in [0.717, 1.165) is 11.5 Å². The fourth-order valence-electron chi connectivity index (χ4n) is 4.76. The third kappa shape index (κ3) is 6.18. The third-order valence-electron chi connectivity index (χ3n) is 6.96. The van der Waals surface area contributed by atoms with Gasteiger partial charge in [0, 0.05) is 49.4 Å². The summed E-state index contributed by atoms with van der Waals surface area (Å²) < 4.78 is 48.6. The summed E-state index contributed by atoms with van der Waals surface area (Å²) in [6.45, 7) is 3.28. The number of rotatable bonds is 8. The summed E-state index contributed by atoms with van der Waals surface area (Å²) in [6, 6.07) is 12.1. The maximum Gasteiger partial charge on any atom is 0.265 e. The number of halogens is 1. The standard InChI is InChI=1S/C30H26FN7O5S/c1-19(39)6-9-27(40)37-10-12-38(13-11-37)29-23-14-20(7-8-24(23)34-18-35-29)22-15-25(30(43-2)33-17-22)36-44(41,42)26-5-3-4-21(16-32)28(26)31/h3-9,14-15,17-18,36H,10-13H2,1-2H3. The zero-order valence-corrected chi connectivity index (χ0v) is 24.5. The molecule has 1 fully saturated rings. The van der Waals surface area contributed by atoms with Gasteiger partial charge in [-0.05, 0) is 48.9 Å². The first-order valence-corrected chi connectivity index (χ1v) is 14.8. The van der Waals surface area contributed by atoms with Crippen molar-refractivity contribution in [2.24, 2.45) is 0 Å². The van der Waals surface area contributed by atoms with Gasteiger partial charge in [-0.3, -0.25) is 14.3 Å². The van der Waals surface area contributed by atoms with Crippen molar-refractivity contribution in [3.63, 3.8) is 0 Å². The molecule has 4 aromatic rings. The number of carbonyl (C=O) groups excluding carboxylic acids is 2. The lowest BCUT2D eigenvalue weighted by molar-refractivity contribution is -0.126. The van der Waals surface area contributed by atoms with Crippen LogP contribution in [0, 0.1) is 17.1 Å². The van der Waals surface area contributed by atoms with E-state index in [9.17, 15) is 22.4 Å². The van der Waals surface area contributed by atoms with Gasteiger partial charge in [-0.15, -0.1) is 0 Å². The van der Waals surface area contributed by atoms with Crippen molar-refractivity contribution >= 4 is 44.1 Å². The van der Waals surface area contributed by atoms with Gasteiger partial charge in [0.05, 0.1) is 18.2 Å². The number of fused-ring (bicyclic) bond motifs is 1. The summed E-state index contributed by atoms with van der Waals surface area (Å²) in [5.74, 6) is -0.960. The number of ether oxygens (including phenoxy) is 1. The summed E-state index contributed by atoms with van der Waals surface area (Å²) in [4.78, 5) is 39.7. The van der Waals surface area contributed by atoms with Gasteiger partial charge in [-0.2, -0.15) is 5.26 Å². The highest BCUT2D eigenvalue weighted by Crippen LogP contribution is 2.33. The molecule has 224 valence electrons. The van der Waals surface area contributed by atoms with Gasteiger partial charge in [0.1, 0.15) is 28.8 Å². The zero-order valence-electron chi connectivity index (χ0n) is 23.7. The van der Waals surface area contributed by atoms with Crippen molar-refractivity contribution in [3.8, 4) is 23.1 Å².